The zero-order chi connectivity index (χ0) is 29.7. The van der Waals surface area contributed by atoms with Crippen LogP contribution in [0, 0.1) is 17.8 Å². The van der Waals surface area contributed by atoms with Gasteiger partial charge in [0.05, 0.1) is 11.4 Å². The van der Waals surface area contributed by atoms with E-state index in [1.54, 1.807) is 6.20 Å². The molecular weight excluding hydrogens is 584 g/mol. The van der Waals surface area contributed by atoms with Crippen molar-refractivity contribution in [3.05, 3.63) is 46.6 Å². The highest BCUT2D eigenvalue weighted by Crippen LogP contribution is 2.35. The molecule has 3 N–H and O–H groups in total. The second kappa shape index (κ2) is 13.8. The van der Waals surface area contributed by atoms with E-state index in [1.165, 1.54) is 0 Å². The third-order valence-corrected chi connectivity index (χ3v) is 8.56. The molecule has 0 radical (unpaired) electrons. The summed E-state index contributed by atoms with van der Waals surface area (Å²) in [4.78, 5) is 49.9. The topological polar surface area (TPSA) is 112 Å². The van der Waals surface area contributed by atoms with Gasteiger partial charge in [-0.2, -0.15) is 0 Å². The van der Waals surface area contributed by atoms with Crippen molar-refractivity contribution < 1.29 is 14.4 Å². The Kier molecular flexibility index (Phi) is 10.4. The van der Waals surface area contributed by atoms with E-state index in [2.05, 4.69) is 31.1 Å². The molecule has 2 aliphatic rings. The maximum Gasteiger partial charge on any atom is 0.229 e. The molecule has 0 bridgehead atoms. The number of hydrogen-bond acceptors (Lipinski definition) is 6. The van der Waals surface area contributed by atoms with Crippen molar-refractivity contribution in [1.29, 1.82) is 0 Å². The number of pyridine rings is 1. The molecule has 222 valence electrons. The van der Waals surface area contributed by atoms with Gasteiger partial charge >= 0.3 is 0 Å². The van der Waals surface area contributed by atoms with E-state index < -0.39 is 0 Å². The Morgan fingerprint density at radius 1 is 1.00 bits per heavy atom. The molecular formula is C31H43BrN6O3. The fourth-order valence-electron chi connectivity index (χ4n) is 5.65. The van der Waals surface area contributed by atoms with Crippen LogP contribution in [0.4, 0.5) is 17.2 Å². The van der Waals surface area contributed by atoms with E-state index in [0.717, 1.165) is 42.5 Å². The van der Waals surface area contributed by atoms with Crippen molar-refractivity contribution in [3.8, 4) is 0 Å². The number of nitrogen functional groups attached to an aromatic ring is 1. The highest BCUT2D eigenvalue weighted by molar-refractivity contribution is 9.10. The average molecular weight is 628 g/mol. The summed E-state index contributed by atoms with van der Waals surface area (Å²) in [6.07, 6.45) is 4.80. The summed E-state index contributed by atoms with van der Waals surface area (Å²) in [7, 11) is 0. The Bertz CT molecular complexity index is 1240. The molecule has 3 amide bonds. The lowest BCUT2D eigenvalue weighted by atomic mass is 9.93. The molecule has 0 spiro atoms. The van der Waals surface area contributed by atoms with Crippen molar-refractivity contribution in [3.63, 3.8) is 0 Å². The Morgan fingerprint density at radius 2 is 1.68 bits per heavy atom. The number of halogens is 1. The number of rotatable bonds is 8. The van der Waals surface area contributed by atoms with Crippen LogP contribution in [0.5, 0.6) is 0 Å². The molecule has 41 heavy (non-hydrogen) atoms. The van der Waals surface area contributed by atoms with Gasteiger partial charge in [-0.25, -0.2) is 4.98 Å². The van der Waals surface area contributed by atoms with Gasteiger partial charge in [0.25, 0.3) is 0 Å². The minimum absolute atomic E-state index is 0.0104. The molecule has 2 aliphatic heterocycles. The van der Waals surface area contributed by atoms with Gasteiger partial charge in [-0.1, -0.05) is 43.6 Å². The quantitative estimate of drug-likeness (QED) is 0.430. The monoisotopic (exact) mass is 626 g/mol. The van der Waals surface area contributed by atoms with Crippen molar-refractivity contribution in [2.24, 2.45) is 17.8 Å². The molecule has 1 aromatic heterocycles. The van der Waals surface area contributed by atoms with Crippen molar-refractivity contribution in [2.45, 2.75) is 66.0 Å². The number of carbonyl (C=O) groups is 3. The molecule has 0 atom stereocenters. The first-order chi connectivity index (χ1) is 19.5. The van der Waals surface area contributed by atoms with Gasteiger partial charge in [0.2, 0.25) is 17.7 Å². The van der Waals surface area contributed by atoms with Crippen LogP contribution in [0.1, 0.15) is 58.9 Å². The highest BCUT2D eigenvalue weighted by Gasteiger charge is 2.35. The molecule has 1 aromatic carbocycles. The molecule has 2 aromatic rings. The fraction of sp³-hybridized carbons (Fsp3) is 0.548. The van der Waals surface area contributed by atoms with E-state index in [-0.39, 0.29) is 41.5 Å². The number of aromatic nitrogens is 1. The normalized spacial score (nSPS) is 17.2. The van der Waals surface area contributed by atoms with Crippen LogP contribution in [-0.2, 0) is 20.9 Å². The zero-order valence-electron chi connectivity index (χ0n) is 24.6. The number of benzene rings is 1. The lowest BCUT2D eigenvalue weighted by molar-refractivity contribution is -0.138. The molecule has 10 heteroatoms. The van der Waals surface area contributed by atoms with Gasteiger partial charge < -0.3 is 20.9 Å². The van der Waals surface area contributed by atoms with Gasteiger partial charge in [-0.15, -0.1) is 0 Å². The largest absolute Gasteiger partial charge is 0.384 e. The third-order valence-electron chi connectivity index (χ3n) is 8.06. The predicted octanol–water partition coefficient (Wildman–Crippen LogP) is 4.91. The molecule has 2 saturated heterocycles. The second-order valence-electron chi connectivity index (χ2n) is 11.9. The van der Waals surface area contributed by atoms with Crippen LogP contribution in [0.25, 0.3) is 0 Å². The van der Waals surface area contributed by atoms with Gasteiger partial charge in [0, 0.05) is 54.1 Å². The summed E-state index contributed by atoms with van der Waals surface area (Å²) < 4.78 is 0.836. The van der Waals surface area contributed by atoms with Crippen molar-refractivity contribution in [1.82, 2.24) is 14.8 Å². The molecule has 4 rings (SSSR count). The van der Waals surface area contributed by atoms with Crippen LogP contribution in [-0.4, -0.2) is 64.7 Å². The van der Waals surface area contributed by atoms with Crippen molar-refractivity contribution in [2.75, 3.05) is 42.1 Å². The van der Waals surface area contributed by atoms with E-state index in [0.29, 0.717) is 43.1 Å². The van der Waals surface area contributed by atoms with Gasteiger partial charge in [-0.05, 0) is 74.7 Å². The number of amides is 3. The first-order valence-corrected chi connectivity index (χ1v) is 15.5. The van der Waals surface area contributed by atoms with Crippen LogP contribution in [0.15, 0.2) is 41.0 Å². The molecule has 0 aliphatic carbocycles. The first kappa shape index (κ1) is 31.0. The smallest absolute Gasteiger partial charge is 0.229 e. The number of piperidine rings is 2. The van der Waals surface area contributed by atoms with Gasteiger partial charge in [-0.3, -0.25) is 19.3 Å². The lowest BCUT2D eigenvalue weighted by Crippen LogP contribution is -2.52. The summed E-state index contributed by atoms with van der Waals surface area (Å²) in [6.45, 7) is 11.3. The average Bonchev–Trinajstić information content (AvgIpc) is 2.94. The number of nitrogens with zero attached hydrogens (tertiary/aromatic N) is 4. The number of hydrogen-bond donors (Lipinski definition) is 2. The standard InChI is InChI=1S/C31H43BrN6O3/c1-20(2)29(39)35-26-6-5-24(32)18-27(26)38(30(40)21(3)4)25-10-15-37(16-11-25)31(41)23-8-13-36(14-9-23)19-22-7-12-34-28(33)17-22/h5-7,12,17-18,20-21,23,25H,8-11,13-16,19H2,1-4H3,(H2,33,34)(H,35,39). The Balaban J connectivity index is 1.40. The number of anilines is 3. The summed E-state index contributed by atoms with van der Waals surface area (Å²) in [5, 5.41) is 3.01. The number of nitrogens with two attached hydrogens (primary N) is 1. The van der Waals surface area contributed by atoms with E-state index >= 15 is 0 Å². The third kappa shape index (κ3) is 7.86. The first-order valence-electron chi connectivity index (χ1n) is 14.7. The van der Waals surface area contributed by atoms with Crippen molar-refractivity contribution >= 4 is 50.8 Å². The van der Waals surface area contributed by atoms with E-state index in [1.807, 2.05) is 67.8 Å². The van der Waals surface area contributed by atoms with Gasteiger partial charge in [0.15, 0.2) is 0 Å². The molecule has 0 unspecified atom stereocenters. The van der Waals surface area contributed by atoms with Crippen LogP contribution < -0.4 is 16.0 Å². The number of nitrogens with one attached hydrogen (secondary N) is 1. The molecule has 9 nitrogen and oxygen atoms in total. The SMILES string of the molecule is CC(C)C(=O)Nc1ccc(Br)cc1N(C(=O)C(C)C)C1CCN(C(=O)C2CCN(Cc3ccnc(N)c3)CC2)CC1. The summed E-state index contributed by atoms with van der Waals surface area (Å²) in [5.41, 5.74) is 8.29. The summed E-state index contributed by atoms with van der Waals surface area (Å²) in [6, 6.07) is 9.45. The molecule has 2 fully saturated rings. The Labute approximate surface area is 252 Å². The van der Waals surface area contributed by atoms with Crippen LogP contribution in [0.3, 0.4) is 0 Å². The number of likely N-dealkylation sites (tertiary alicyclic amines) is 2. The Hall–Kier alpha value is -2.98. The minimum atomic E-state index is -0.212. The fourth-order valence-corrected chi connectivity index (χ4v) is 6.00. The summed E-state index contributed by atoms with van der Waals surface area (Å²) in [5.74, 6) is 0.304. The van der Waals surface area contributed by atoms with Gasteiger partial charge in [0.1, 0.15) is 5.82 Å². The maximum absolute atomic E-state index is 13.6. The predicted molar refractivity (Wildman–Crippen MR) is 166 cm³/mol. The second-order valence-corrected chi connectivity index (χ2v) is 12.8. The number of carbonyl (C=O) groups excluding carboxylic acids is 3. The lowest BCUT2D eigenvalue weighted by Gasteiger charge is -2.41. The van der Waals surface area contributed by atoms with E-state index in [4.69, 9.17) is 5.73 Å². The minimum Gasteiger partial charge on any atom is -0.384 e. The summed E-state index contributed by atoms with van der Waals surface area (Å²) >= 11 is 3.55. The molecule has 0 saturated carbocycles. The van der Waals surface area contributed by atoms with E-state index in [9.17, 15) is 14.4 Å². The highest BCUT2D eigenvalue weighted by atomic mass is 79.9. The molecule has 3 heterocycles. The maximum atomic E-state index is 13.6. The van der Waals surface area contributed by atoms with Crippen LogP contribution in [0.2, 0.25) is 0 Å². The van der Waals surface area contributed by atoms with Crippen LogP contribution >= 0.6 is 15.9 Å². The Morgan fingerprint density at radius 3 is 2.29 bits per heavy atom. The zero-order valence-corrected chi connectivity index (χ0v) is 26.2.